The lowest BCUT2D eigenvalue weighted by Crippen LogP contribution is -2.46. The third kappa shape index (κ3) is 3.12. The van der Waals surface area contributed by atoms with Gasteiger partial charge in [0, 0.05) is 11.8 Å². The van der Waals surface area contributed by atoms with Crippen LogP contribution >= 0.6 is 0 Å². The highest BCUT2D eigenvalue weighted by Crippen LogP contribution is 2.55. The Kier molecular flexibility index (Phi) is 4.60. The molecule has 6 heteroatoms. The van der Waals surface area contributed by atoms with E-state index in [4.69, 9.17) is 14.2 Å². The molecule has 2 aliphatic carbocycles. The molecule has 3 fully saturated rings. The topological polar surface area (TPSA) is 78.9 Å². The molecule has 2 bridgehead atoms. The minimum Gasteiger partial charge on any atom is -0.458 e. The normalized spacial score (nSPS) is 33.8. The van der Waals surface area contributed by atoms with Crippen molar-refractivity contribution in [3.8, 4) is 0 Å². The first-order chi connectivity index (χ1) is 12.0. The zero-order valence-corrected chi connectivity index (χ0v) is 16.5. The summed E-state index contributed by atoms with van der Waals surface area (Å²) in [6, 6.07) is 0. The Hall–Kier alpha value is -1.59. The van der Waals surface area contributed by atoms with Crippen LogP contribution in [0.15, 0.2) is 0 Å². The van der Waals surface area contributed by atoms with Gasteiger partial charge >= 0.3 is 17.9 Å². The monoisotopic (exact) mass is 366 g/mol. The Morgan fingerprint density at radius 3 is 2.42 bits per heavy atom. The molecular weight excluding hydrogens is 336 g/mol. The van der Waals surface area contributed by atoms with Crippen LogP contribution in [0.4, 0.5) is 0 Å². The van der Waals surface area contributed by atoms with Gasteiger partial charge in [-0.1, -0.05) is 27.7 Å². The van der Waals surface area contributed by atoms with Gasteiger partial charge in [0.25, 0.3) is 0 Å². The fraction of sp³-hybridized carbons (Fsp3) is 0.850. The van der Waals surface area contributed by atoms with E-state index in [-0.39, 0.29) is 47.1 Å². The van der Waals surface area contributed by atoms with Crippen LogP contribution in [-0.4, -0.2) is 35.7 Å². The summed E-state index contributed by atoms with van der Waals surface area (Å²) in [5.41, 5.74) is -1.62. The fourth-order valence-corrected chi connectivity index (χ4v) is 4.83. The van der Waals surface area contributed by atoms with Crippen molar-refractivity contribution in [2.24, 2.45) is 29.1 Å². The van der Waals surface area contributed by atoms with Crippen LogP contribution in [0.25, 0.3) is 0 Å². The molecule has 3 rings (SSSR count). The number of fused-ring (bicyclic) bond motifs is 1. The summed E-state index contributed by atoms with van der Waals surface area (Å²) in [5, 5.41) is 0. The van der Waals surface area contributed by atoms with E-state index < -0.39 is 17.7 Å². The Balaban J connectivity index is 1.64. The second kappa shape index (κ2) is 6.24. The van der Waals surface area contributed by atoms with Crippen molar-refractivity contribution in [1.82, 2.24) is 0 Å². The molecule has 0 aromatic carbocycles. The van der Waals surface area contributed by atoms with Crippen LogP contribution < -0.4 is 0 Å². The van der Waals surface area contributed by atoms with E-state index in [0.29, 0.717) is 6.42 Å². The van der Waals surface area contributed by atoms with Crippen LogP contribution in [0.5, 0.6) is 0 Å². The van der Waals surface area contributed by atoms with Gasteiger partial charge in [0.05, 0.1) is 11.8 Å². The molecule has 3 aliphatic rings. The maximum absolute atomic E-state index is 12.7. The van der Waals surface area contributed by atoms with E-state index >= 15 is 0 Å². The van der Waals surface area contributed by atoms with Crippen LogP contribution in [0.1, 0.15) is 60.8 Å². The van der Waals surface area contributed by atoms with E-state index in [1.807, 2.05) is 27.7 Å². The number of esters is 3. The Morgan fingerprint density at radius 1 is 1.19 bits per heavy atom. The molecule has 0 radical (unpaired) electrons. The lowest BCUT2D eigenvalue weighted by Gasteiger charge is -2.33. The zero-order valence-electron chi connectivity index (χ0n) is 16.5. The second-order valence-corrected chi connectivity index (χ2v) is 9.53. The molecule has 1 aliphatic heterocycles. The highest BCUT2D eigenvalue weighted by Gasteiger charge is 2.63. The van der Waals surface area contributed by atoms with E-state index in [0.717, 1.165) is 12.8 Å². The lowest BCUT2D eigenvalue weighted by molar-refractivity contribution is -0.191. The first-order valence-electron chi connectivity index (χ1n) is 9.60. The van der Waals surface area contributed by atoms with Gasteiger partial charge in [0.2, 0.25) is 5.60 Å². The Morgan fingerprint density at radius 2 is 1.85 bits per heavy atom. The van der Waals surface area contributed by atoms with Gasteiger partial charge in [-0.25, -0.2) is 4.79 Å². The summed E-state index contributed by atoms with van der Waals surface area (Å²) in [6.45, 7) is 11.0. The van der Waals surface area contributed by atoms with Crippen molar-refractivity contribution in [2.45, 2.75) is 78.6 Å². The number of hydrogen-bond donors (Lipinski definition) is 0. The summed E-state index contributed by atoms with van der Waals surface area (Å²) < 4.78 is 16.7. The Bertz CT molecular complexity index is 616. The maximum atomic E-state index is 12.7. The third-order valence-electron chi connectivity index (χ3n) is 6.24. The molecule has 146 valence electrons. The van der Waals surface area contributed by atoms with Gasteiger partial charge in [-0.05, 0) is 38.5 Å². The van der Waals surface area contributed by atoms with Crippen molar-refractivity contribution in [3.05, 3.63) is 0 Å². The molecule has 6 unspecified atom stereocenters. The summed E-state index contributed by atoms with van der Waals surface area (Å²) >= 11 is 0. The molecule has 6 nitrogen and oxygen atoms in total. The van der Waals surface area contributed by atoms with E-state index in [2.05, 4.69) is 0 Å². The molecular formula is C20H30O6. The smallest absolute Gasteiger partial charge is 0.350 e. The van der Waals surface area contributed by atoms with Gasteiger partial charge in [-0.15, -0.1) is 0 Å². The molecule has 1 saturated heterocycles. The number of ether oxygens (including phenoxy) is 3. The minimum absolute atomic E-state index is 0.0251. The van der Waals surface area contributed by atoms with Crippen molar-refractivity contribution < 1.29 is 28.6 Å². The standard InChI is InChI=1S/C20H30O6/c1-7-13(19(2,3)4)17(22)26-20(5,6)18(23)25-14-10-8-11-12(9-10)16(21)24-15(11)14/h10-15H,7-9H2,1-6H3. The SMILES string of the molecule is CCC(C(=O)OC(C)(C)C(=O)OC1C2CC3C(=O)OC1C3C2)C(C)(C)C. The van der Waals surface area contributed by atoms with Crippen LogP contribution in [-0.2, 0) is 28.6 Å². The first kappa shape index (κ1) is 19.2. The van der Waals surface area contributed by atoms with Crippen LogP contribution in [0.2, 0.25) is 0 Å². The van der Waals surface area contributed by atoms with Gasteiger partial charge in [0.1, 0.15) is 12.2 Å². The third-order valence-corrected chi connectivity index (χ3v) is 6.24. The predicted molar refractivity (Wildman–Crippen MR) is 92.9 cm³/mol. The lowest BCUT2D eigenvalue weighted by atomic mass is 9.79. The number of carbonyl (C=O) groups excluding carboxylic acids is 3. The predicted octanol–water partition coefficient (Wildman–Crippen LogP) is 2.87. The average Bonchev–Trinajstić information content (AvgIpc) is 3.10. The van der Waals surface area contributed by atoms with Gasteiger partial charge in [0.15, 0.2) is 0 Å². The molecule has 2 saturated carbocycles. The van der Waals surface area contributed by atoms with Gasteiger partial charge in [-0.3, -0.25) is 9.59 Å². The number of rotatable bonds is 5. The molecule has 0 spiro atoms. The molecule has 6 atom stereocenters. The quantitative estimate of drug-likeness (QED) is 0.550. The summed E-state index contributed by atoms with van der Waals surface area (Å²) in [5.74, 6) is -1.12. The average molecular weight is 366 g/mol. The summed E-state index contributed by atoms with van der Waals surface area (Å²) in [7, 11) is 0. The maximum Gasteiger partial charge on any atom is 0.350 e. The van der Waals surface area contributed by atoms with Crippen LogP contribution in [0.3, 0.4) is 0 Å². The van der Waals surface area contributed by atoms with Crippen LogP contribution in [0, 0.1) is 29.1 Å². The molecule has 0 aromatic rings. The van der Waals surface area contributed by atoms with Crippen molar-refractivity contribution >= 4 is 17.9 Å². The van der Waals surface area contributed by atoms with Gasteiger partial charge < -0.3 is 14.2 Å². The number of carbonyl (C=O) groups is 3. The highest BCUT2D eigenvalue weighted by atomic mass is 16.6. The van der Waals surface area contributed by atoms with E-state index in [9.17, 15) is 14.4 Å². The first-order valence-corrected chi connectivity index (χ1v) is 9.60. The summed E-state index contributed by atoms with van der Waals surface area (Å²) in [4.78, 5) is 37.1. The fourth-order valence-electron chi connectivity index (χ4n) is 4.83. The molecule has 0 aromatic heterocycles. The minimum atomic E-state index is -1.38. The molecule has 0 N–H and O–H groups in total. The van der Waals surface area contributed by atoms with Gasteiger partial charge in [-0.2, -0.15) is 0 Å². The van der Waals surface area contributed by atoms with E-state index in [1.54, 1.807) is 13.8 Å². The van der Waals surface area contributed by atoms with E-state index in [1.165, 1.54) is 0 Å². The van der Waals surface area contributed by atoms with Crippen molar-refractivity contribution in [2.75, 3.05) is 0 Å². The summed E-state index contributed by atoms with van der Waals surface area (Å²) in [6.07, 6.45) is 1.47. The van der Waals surface area contributed by atoms with Crippen molar-refractivity contribution in [3.63, 3.8) is 0 Å². The Labute approximate surface area is 154 Å². The highest BCUT2D eigenvalue weighted by molar-refractivity contribution is 5.84. The molecule has 1 heterocycles. The molecule has 26 heavy (non-hydrogen) atoms. The molecule has 0 amide bonds. The zero-order chi connectivity index (χ0) is 19.4. The number of hydrogen-bond acceptors (Lipinski definition) is 6. The van der Waals surface area contributed by atoms with Crippen molar-refractivity contribution in [1.29, 1.82) is 0 Å². The largest absolute Gasteiger partial charge is 0.458 e. The second-order valence-electron chi connectivity index (χ2n) is 9.53.